The Morgan fingerprint density at radius 3 is 2.33 bits per heavy atom. The second kappa shape index (κ2) is 7.70. The van der Waals surface area contributed by atoms with E-state index in [1.807, 2.05) is 6.07 Å². The summed E-state index contributed by atoms with van der Waals surface area (Å²) < 4.78 is 26.4. The Balaban J connectivity index is 2.01. The van der Waals surface area contributed by atoms with Gasteiger partial charge in [0.05, 0.1) is 21.3 Å². The maximum atomic E-state index is 12.8. The second-order valence-electron chi connectivity index (χ2n) is 5.52. The van der Waals surface area contributed by atoms with E-state index >= 15 is 0 Å². The minimum Gasteiger partial charge on any atom is -0.496 e. The number of allylic oxidation sites excluding steroid dienone is 1. The Labute approximate surface area is 156 Å². The molecule has 1 aliphatic rings. The average Bonchev–Trinajstić information content (AvgIpc) is 3.18. The fraction of sp³-hybridized carbons (Fsp3) is 0.200. The first kappa shape index (κ1) is 18.1. The molecule has 27 heavy (non-hydrogen) atoms. The highest BCUT2D eigenvalue weighted by Crippen LogP contribution is 2.36. The van der Waals surface area contributed by atoms with Crippen LogP contribution in [0.2, 0.25) is 0 Å². The van der Waals surface area contributed by atoms with Gasteiger partial charge in [0.25, 0.3) is 0 Å². The molecule has 0 bridgehead atoms. The number of Topliss-reactive ketones (excluding diaryl/α,β-unsaturated/α-hetero) is 1. The molecule has 0 saturated carbocycles. The third-order valence-corrected chi connectivity index (χ3v) is 4.04. The van der Waals surface area contributed by atoms with Gasteiger partial charge in [-0.05, 0) is 30.3 Å². The quantitative estimate of drug-likeness (QED) is 0.440. The number of nitrogens with zero attached hydrogens (tertiary/aromatic N) is 1. The van der Waals surface area contributed by atoms with Gasteiger partial charge >= 0.3 is 0 Å². The van der Waals surface area contributed by atoms with Crippen LogP contribution in [0.5, 0.6) is 28.7 Å². The van der Waals surface area contributed by atoms with Gasteiger partial charge in [0, 0.05) is 17.2 Å². The van der Waals surface area contributed by atoms with Gasteiger partial charge in [-0.2, -0.15) is 5.26 Å². The summed E-state index contributed by atoms with van der Waals surface area (Å²) >= 11 is 0. The molecule has 1 heterocycles. The fourth-order valence-electron chi connectivity index (χ4n) is 2.66. The lowest BCUT2D eigenvalue weighted by molar-refractivity contribution is 0.103. The summed E-state index contributed by atoms with van der Waals surface area (Å²) in [5, 5.41) is 9.51. The van der Waals surface area contributed by atoms with Crippen LogP contribution in [0.4, 0.5) is 0 Å². The molecule has 0 unspecified atom stereocenters. The first-order chi connectivity index (χ1) is 13.1. The topological polar surface area (TPSA) is 87.0 Å². The molecule has 3 rings (SSSR count). The molecule has 0 spiro atoms. The largest absolute Gasteiger partial charge is 0.496 e. The Kier molecular flexibility index (Phi) is 5.18. The van der Waals surface area contributed by atoms with E-state index in [1.165, 1.54) is 27.4 Å². The minimum absolute atomic E-state index is 0.0561. The molecule has 0 N–H and O–H groups in total. The van der Waals surface area contributed by atoms with Gasteiger partial charge < -0.3 is 23.7 Å². The van der Waals surface area contributed by atoms with Crippen molar-refractivity contribution in [3.8, 4) is 34.8 Å². The van der Waals surface area contributed by atoms with Crippen LogP contribution < -0.4 is 23.7 Å². The predicted molar refractivity (Wildman–Crippen MR) is 96.6 cm³/mol. The Bertz CT molecular complexity index is 958. The van der Waals surface area contributed by atoms with Crippen LogP contribution in [0, 0.1) is 11.3 Å². The van der Waals surface area contributed by atoms with Crippen molar-refractivity contribution in [1.29, 1.82) is 5.26 Å². The summed E-state index contributed by atoms with van der Waals surface area (Å²) in [6.07, 6.45) is 1.45. The van der Waals surface area contributed by atoms with Crippen LogP contribution in [0.25, 0.3) is 6.08 Å². The summed E-state index contributed by atoms with van der Waals surface area (Å²) in [7, 11) is 4.50. The zero-order valence-electron chi connectivity index (χ0n) is 15.1. The highest BCUT2D eigenvalue weighted by molar-refractivity contribution is 6.14. The van der Waals surface area contributed by atoms with Crippen molar-refractivity contribution in [2.75, 3.05) is 28.1 Å². The Morgan fingerprint density at radius 2 is 1.67 bits per heavy atom. The van der Waals surface area contributed by atoms with E-state index in [-0.39, 0.29) is 12.4 Å². The molecule has 0 radical (unpaired) electrons. The van der Waals surface area contributed by atoms with Crippen LogP contribution in [0.15, 0.2) is 35.9 Å². The van der Waals surface area contributed by atoms with Crippen molar-refractivity contribution in [1.82, 2.24) is 0 Å². The molecule has 1 aliphatic heterocycles. The first-order valence-electron chi connectivity index (χ1n) is 7.97. The van der Waals surface area contributed by atoms with E-state index in [2.05, 4.69) is 0 Å². The molecule has 7 nitrogen and oxygen atoms in total. The van der Waals surface area contributed by atoms with Gasteiger partial charge in [0.1, 0.15) is 17.4 Å². The van der Waals surface area contributed by atoms with Crippen LogP contribution in [-0.4, -0.2) is 33.9 Å². The van der Waals surface area contributed by atoms with Crippen LogP contribution in [-0.2, 0) is 0 Å². The lowest BCUT2D eigenvalue weighted by atomic mass is 10.0. The normalized spacial score (nSPS) is 12.3. The van der Waals surface area contributed by atoms with Crippen LogP contribution in [0.3, 0.4) is 0 Å². The van der Waals surface area contributed by atoms with Gasteiger partial charge in [0.2, 0.25) is 12.6 Å². The van der Waals surface area contributed by atoms with Crippen molar-refractivity contribution in [3.63, 3.8) is 0 Å². The summed E-state index contributed by atoms with van der Waals surface area (Å²) in [5.74, 6) is 1.98. The lowest BCUT2D eigenvalue weighted by Gasteiger charge is -2.12. The number of benzene rings is 2. The third kappa shape index (κ3) is 3.51. The first-order valence-corrected chi connectivity index (χ1v) is 7.97. The molecule has 0 amide bonds. The molecular formula is C20H17NO6. The molecule has 0 fully saturated rings. The number of methoxy groups -OCH3 is 3. The standard InChI is InChI=1S/C20H17NO6/c1-23-16-9-18(25-3)17(24-2)8-13(16)6-14(10-21)20(22)12-4-5-15-19(7-12)27-11-26-15/h4-9H,11H2,1-3H3/b14-6+. The number of hydrogen-bond acceptors (Lipinski definition) is 7. The molecule has 0 atom stereocenters. The highest BCUT2D eigenvalue weighted by atomic mass is 16.7. The highest BCUT2D eigenvalue weighted by Gasteiger charge is 2.19. The molecule has 0 aliphatic carbocycles. The molecular weight excluding hydrogens is 350 g/mol. The van der Waals surface area contributed by atoms with Gasteiger partial charge in [-0.1, -0.05) is 0 Å². The van der Waals surface area contributed by atoms with E-state index in [0.717, 1.165) is 0 Å². The van der Waals surface area contributed by atoms with Crippen molar-refractivity contribution in [3.05, 3.63) is 47.0 Å². The number of hydrogen-bond donors (Lipinski definition) is 0. The van der Waals surface area contributed by atoms with Crippen molar-refractivity contribution in [2.45, 2.75) is 0 Å². The van der Waals surface area contributed by atoms with Crippen molar-refractivity contribution in [2.24, 2.45) is 0 Å². The Hall–Kier alpha value is -3.66. The molecule has 7 heteroatoms. The number of rotatable bonds is 6. The molecule has 0 saturated heterocycles. The van der Waals surface area contributed by atoms with E-state index in [4.69, 9.17) is 23.7 Å². The molecule has 0 aromatic heterocycles. The lowest BCUT2D eigenvalue weighted by Crippen LogP contribution is -2.02. The average molecular weight is 367 g/mol. The number of ether oxygens (including phenoxy) is 5. The van der Waals surface area contributed by atoms with Crippen LogP contribution in [0.1, 0.15) is 15.9 Å². The zero-order chi connectivity index (χ0) is 19.4. The van der Waals surface area contributed by atoms with Gasteiger partial charge in [-0.15, -0.1) is 0 Å². The number of nitriles is 1. The minimum atomic E-state index is -0.437. The third-order valence-electron chi connectivity index (χ3n) is 4.04. The van der Waals surface area contributed by atoms with Crippen LogP contribution >= 0.6 is 0 Å². The van der Waals surface area contributed by atoms with Crippen molar-refractivity contribution < 1.29 is 28.5 Å². The van der Waals surface area contributed by atoms with Crippen molar-refractivity contribution >= 4 is 11.9 Å². The Morgan fingerprint density at radius 1 is 1.00 bits per heavy atom. The summed E-state index contributed by atoms with van der Waals surface area (Å²) in [6.45, 7) is 0.108. The molecule has 138 valence electrons. The molecule has 2 aromatic carbocycles. The maximum absolute atomic E-state index is 12.8. The summed E-state index contributed by atoms with van der Waals surface area (Å²) in [5.41, 5.74) is 0.784. The SMILES string of the molecule is COc1cc(OC)c(OC)cc1/C=C(\C#N)C(=O)c1ccc2c(c1)OCO2. The summed E-state index contributed by atoms with van der Waals surface area (Å²) in [4.78, 5) is 12.8. The smallest absolute Gasteiger partial charge is 0.231 e. The predicted octanol–water partition coefficient (Wildman–Crippen LogP) is 3.23. The van der Waals surface area contributed by atoms with E-state index in [1.54, 1.807) is 30.3 Å². The van der Waals surface area contributed by atoms with Gasteiger partial charge in [-0.25, -0.2) is 0 Å². The van der Waals surface area contributed by atoms with Gasteiger partial charge in [0.15, 0.2) is 23.0 Å². The number of ketones is 1. The maximum Gasteiger partial charge on any atom is 0.231 e. The monoisotopic (exact) mass is 367 g/mol. The summed E-state index contributed by atoms with van der Waals surface area (Å²) in [6, 6.07) is 10.0. The van der Waals surface area contributed by atoms with Gasteiger partial charge in [-0.3, -0.25) is 4.79 Å². The number of carbonyl (C=O) groups is 1. The van der Waals surface area contributed by atoms with E-state index in [9.17, 15) is 10.1 Å². The number of carbonyl (C=O) groups excluding carboxylic acids is 1. The fourth-order valence-corrected chi connectivity index (χ4v) is 2.66. The zero-order valence-corrected chi connectivity index (χ0v) is 15.1. The number of fused-ring (bicyclic) bond motifs is 1. The molecule has 2 aromatic rings. The van der Waals surface area contributed by atoms with E-state index in [0.29, 0.717) is 39.9 Å². The second-order valence-corrected chi connectivity index (χ2v) is 5.52. The van der Waals surface area contributed by atoms with E-state index < -0.39 is 5.78 Å².